The van der Waals surface area contributed by atoms with E-state index in [9.17, 15) is 21.6 Å². The van der Waals surface area contributed by atoms with Gasteiger partial charge in [0.05, 0.1) is 39.4 Å². The highest BCUT2D eigenvalue weighted by Crippen LogP contribution is 2.22. The summed E-state index contributed by atoms with van der Waals surface area (Å²) in [6.45, 7) is 0.981. The minimum atomic E-state index is -3.95. The predicted molar refractivity (Wildman–Crippen MR) is 104 cm³/mol. The SMILES string of the molecule is CCS(=O)(=O)c1ccccc1NC(=O)CN(C)S(=O)(=O)c1ccc(C#N)cc1. The Morgan fingerprint density at radius 3 is 2.25 bits per heavy atom. The number of rotatable bonds is 7. The fraction of sp³-hybridized carbons (Fsp3) is 0.222. The highest BCUT2D eigenvalue weighted by molar-refractivity contribution is 7.91. The third-order valence-electron chi connectivity index (χ3n) is 3.93. The van der Waals surface area contributed by atoms with Crippen LogP contribution < -0.4 is 5.32 Å². The Morgan fingerprint density at radius 2 is 1.68 bits per heavy atom. The topological polar surface area (TPSA) is 124 Å². The maximum absolute atomic E-state index is 12.6. The minimum Gasteiger partial charge on any atom is -0.324 e. The number of nitriles is 1. The van der Waals surface area contributed by atoms with Crippen molar-refractivity contribution in [2.24, 2.45) is 0 Å². The Kier molecular flexibility index (Phi) is 6.56. The molecule has 0 fully saturated rings. The molecule has 28 heavy (non-hydrogen) atoms. The van der Waals surface area contributed by atoms with Gasteiger partial charge in [-0.3, -0.25) is 4.79 Å². The van der Waals surface area contributed by atoms with Crippen LogP contribution >= 0.6 is 0 Å². The van der Waals surface area contributed by atoms with Crippen molar-refractivity contribution in [3.63, 3.8) is 0 Å². The molecule has 1 N–H and O–H groups in total. The van der Waals surface area contributed by atoms with E-state index in [0.717, 1.165) is 4.31 Å². The van der Waals surface area contributed by atoms with Crippen molar-refractivity contribution < 1.29 is 21.6 Å². The summed E-state index contributed by atoms with van der Waals surface area (Å²) in [5.74, 6) is -0.814. The molecular weight excluding hydrogens is 402 g/mol. The smallest absolute Gasteiger partial charge is 0.243 e. The monoisotopic (exact) mass is 421 g/mol. The number of nitrogens with zero attached hydrogens (tertiary/aromatic N) is 2. The van der Waals surface area contributed by atoms with E-state index in [2.05, 4.69) is 5.32 Å². The Morgan fingerprint density at radius 1 is 1.07 bits per heavy atom. The molecule has 2 aromatic carbocycles. The van der Waals surface area contributed by atoms with Crippen molar-refractivity contribution in [3.8, 4) is 6.07 Å². The Bertz CT molecular complexity index is 1120. The molecule has 0 heterocycles. The molecule has 0 saturated carbocycles. The van der Waals surface area contributed by atoms with Crippen LogP contribution in [0.1, 0.15) is 12.5 Å². The number of para-hydroxylation sites is 1. The van der Waals surface area contributed by atoms with Gasteiger partial charge in [0.15, 0.2) is 9.84 Å². The molecule has 0 aromatic heterocycles. The second kappa shape index (κ2) is 8.52. The zero-order valence-electron chi connectivity index (χ0n) is 15.3. The molecule has 0 aliphatic rings. The first-order valence-corrected chi connectivity index (χ1v) is 11.3. The molecule has 0 bridgehead atoms. The minimum absolute atomic E-state index is 0.0246. The summed E-state index contributed by atoms with van der Waals surface area (Å²) in [4.78, 5) is 12.2. The van der Waals surface area contributed by atoms with Crippen molar-refractivity contribution in [1.82, 2.24) is 4.31 Å². The number of likely N-dealkylation sites (N-methyl/N-ethyl adjacent to an activating group) is 1. The number of benzene rings is 2. The van der Waals surface area contributed by atoms with Crippen molar-refractivity contribution in [1.29, 1.82) is 5.26 Å². The van der Waals surface area contributed by atoms with E-state index in [0.29, 0.717) is 5.56 Å². The van der Waals surface area contributed by atoms with Crippen LogP contribution in [0.4, 0.5) is 5.69 Å². The van der Waals surface area contributed by atoms with E-state index in [1.165, 1.54) is 50.4 Å². The van der Waals surface area contributed by atoms with Gasteiger partial charge in [0.1, 0.15) is 0 Å². The highest BCUT2D eigenvalue weighted by atomic mass is 32.2. The molecule has 8 nitrogen and oxygen atoms in total. The third kappa shape index (κ3) is 4.75. The lowest BCUT2D eigenvalue weighted by atomic mass is 10.2. The average molecular weight is 422 g/mol. The molecular formula is C18H19N3O5S2. The van der Waals surface area contributed by atoms with E-state index in [1.807, 2.05) is 6.07 Å². The predicted octanol–water partition coefficient (Wildman–Crippen LogP) is 1.61. The van der Waals surface area contributed by atoms with Crippen LogP contribution in [0.3, 0.4) is 0 Å². The van der Waals surface area contributed by atoms with Crippen molar-refractivity contribution in [2.75, 3.05) is 24.7 Å². The van der Waals surface area contributed by atoms with Crippen LogP contribution in [-0.2, 0) is 24.7 Å². The zero-order valence-corrected chi connectivity index (χ0v) is 16.9. The Balaban J connectivity index is 2.18. The highest BCUT2D eigenvalue weighted by Gasteiger charge is 2.24. The first kappa shape index (κ1) is 21.6. The number of sulfonamides is 1. The molecule has 0 saturated heterocycles. The van der Waals surface area contributed by atoms with Gasteiger partial charge in [0.2, 0.25) is 15.9 Å². The lowest BCUT2D eigenvalue weighted by Gasteiger charge is -2.17. The van der Waals surface area contributed by atoms with Crippen LogP contribution in [-0.4, -0.2) is 46.4 Å². The molecule has 10 heteroatoms. The van der Waals surface area contributed by atoms with Gasteiger partial charge in [-0.15, -0.1) is 0 Å². The number of hydrogen-bond donors (Lipinski definition) is 1. The molecule has 2 aromatic rings. The van der Waals surface area contributed by atoms with Crippen LogP contribution in [0, 0.1) is 11.3 Å². The van der Waals surface area contributed by atoms with Gasteiger partial charge in [-0.05, 0) is 36.4 Å². The summed E-state index contributed by atoms with van der Waals surface area (Å²) >= 11 is 0. The average Bonchev–Trinajstić information content (AvgIpc) is 2.68. The number of carbonyl (C=O) groups excluding carboxylic acids is 1. The van der Waals surface area contributed by atoms with E-state index in [4.69, 9.17) is 5.26 Å². The second-order valence-electron chi connectivity index (χ2n) is 5.85. The molecule has 0 aliphatic heterocycles. The molecule has 0 unspecified atom stereocenters. The lowest BCUT2D eigenvalue weighted by molar-refractivity contribution is -0.116. The summed E-state index contributed by atoms with van der Waals surface area (Å²) in [6, 6.07) is 13.1. The molecule has 148 valence electrons. The number of nitrogens with one attached hydrogen (secondary N) is 1. The normalized spacial score (nSPS) is 11.8. The van der Waals surface area contributed by atoms with Gasteiger partial charge < -0.3 is 5.32 Å². The number of sulfone groups is 1. The van der Waals surface area contributed by atoms with Crippen LogP contribution in [0.25, 0.3) is 0 Å². The van der Waals surface area contributed by atoms with Crippen molar-refractivity contribution >= 4 is 31.5 Å². The maximum Gasteiger partial charge on any atom is 0.243 e. The molecule has 0 radical (unpaired) electrons. The van der Waals surface area contributed by atoms with Gasteiger partial charge in [-0.25, -0.2) is 16.8 Å². The van der Waals surface area contributed by atoms with Gasteiger partial charge in [-0.1, -0.05) is 19.1 Å². The number of anilines is 1. The van der Waals surface area contributed by atoms with E-state index >= 15 is 0 Å². The van der Waals surface area contributed by atoms with Crippen molar-refractivity contribution in [2.45, 2.75) is 16.7 Å². The molecule has 0 spiro atoms. The molecule has 2 rings (SSSR count). The Labute approximate surface area is 164 Å². The number of amides is 1. The summed E-state index contributed by atoms with van der Waals surface area (Å²) in [6.07, 6.45) is 0. The molecule has 0 aliphatic carbocycles. The summed E-state index contributed by atoms with van der Waals surface area (Å²) < 4.78 is 50.2. The first-order chi connectivity index (χ1) is 13.1. The second-order valence-corrected chi connectivity index (χ2v) is 10.1. The Hall–Kier alpha value is -2.74. The lowest BCUT2D eigenvalue weighted by Crippen LogP contribution is -2.35. The maximum atomic E-state index is 12.6. The number of hydrogen-bond acceptors (Lipinski definition) is 6. The zero-order chi connectivity index (χ0) is 20.9. The fourth-order valence-electron chi connectivity index (χ4n) is 2.35. The van der Waals surface area contributed by atoms with E-state index in [-0.39, 0.29) is 21.2 Å². The summed E-state index contributed by atoms with van der Waals surface area (Å²) in [5, 5.41) is 11.2. The van der Waals surface area contributed by atoms with Gasteiger partial charge in [-0.2, -0.15) is 9.57 Å². The fourth-order valence-corrected chi connectivity index (χ4v) is 4.53. The van der Waals surface area contributed by atoms with Crippen molar-refractivity contribution in [3.05, 3.63) is 54.1 Å². The largest absolute Gasteiger partial charge is 0.324 e. The first-order valence-electron chi connectivity index (χ1n) is 8.20. The van der Waals surface area contributed by atoms with E-state index < -0.39 is 32.3 Å². The molecule has 0 atom stereocenters. The quantitative estimate of drug-likeness (QED) is 0.724. The third-order valence-corrected chi connectivity index (χ3v) is 7.54. The summed E-state index contributed by atoms with van der Waals surface area (Å²) in [7, 11) is -6.27. The van der Waals surface area contributed by atoms with Crippen LogP contribution in [0.2, 0.25) is 0 Å². The summed E-state index contributed by atoms with van der Waals surface area (Å²) in [5.41, 5.74) is 0.409. The standard InChI is InChI=1S/C18H19N3O5S2/c1-3-27(23,24)17-7-5-4-6-16(17)20-18(22)13-21(2)28(25,26)15-10-8-14(12-19)9-11-15/h4-11H,3,13H2,1-2H3,(H,20,22). The van der Waals surface area contributed by atoms with Crippen LogP contribution in [0.15, 0.2) is 58.3 Å². The molecule has 1 amide bonds. The van der Waals surface area contributed by atoms with Gasteiger partial charge >= 0.3 is 0 Å². The number of carbonyl (C=O) groups is 1. The van der Waals surface area contributed by atoms with Crippen LogP contribution in [0.5, 0.6) is 0 Å². The van der Waals surface area contributed by atoms with E-state index in [1.54, 1.807) is 12.1 Å². The van der Waals surface area contributed by atoms with Gasteiger partial charge in [0.25, 0.3) is 0 Å². The van der Waals surface area contributed by atoms with Gasteiger partial charge in [0, 0.05) is 7.05 Å².